The predicted octanol–water partition coefficient (Wildman–Crippen LogP) is 3.78. The minimum absolute atomic E-state index is 0.206. The van der Waals surface area contributed by atoms with E-state index in [0.717, 1.165) is 13.0 Å². The van der Waals surface area contributed by atoms with Crippen molar-refractivity contribution < 1.29 is 9.53 Å². The quantitative estimate of drug-likeness (QED) is 0.631. The predicted molar refractivity (Wildman–Crippen MR) is 76.6 cm³/mol. The van der Waals surface area contributed by atoms with Gasteiger partial charge in [0.2, 0.25) is 0 Å². The van der Waals surface area contributed by atoms with Crippen molar-refractivity contribution in [2.24, 2.45) is 11.8 Å². The zero-order chi connectivity index (χ0) is 13.4. The minimum atomic E-state index is 0.206. The van der Waals surface area contributed by atoms with Crippen molar-refractivity contribution >= 4 is 17.5 Å². The molecule has 0 saturated carbocycles. The summed E-state index contributed by atoms with van der Waals surface area (Å²) < 4.78 is 5.23. The molecule has 0 aromatic carbocycles. The first-order valence-electron chi connectivity index (χ1n) is 6.59. The number of rotatable bonds is 9. The molecule has 0 aliphatic carbocycles. The van der Waals surface area contributed by atoms with Gasteiger partial charge in [-0.3, -0.25) is 4.79 Å². The van der Waals surface area contributed by atoms with Gasteiger partial charge in [0.15, 0.2) is 0 Å². The van der Waals surface area contributed by atoms with Crippen molar-refractivity contribution in [3.8, 4) is 0 Å². The average Bonchev–Trinajstić information content (AvgIpc) is 2.26. The number of thioether (sulfide) groups is 1. The Bertz CT molecular complexity index is 216. The molecule has 3 heteroatoms. The maximum absolute atomic E-state index is 11.8. The van der Waals surface area contributed by atoms with E-state index in [-0.39, 0.29) is 5.92 Å². The van der Waals surface area contributed by atoms with Crippen molar-refractivity contribution in [3.05, 3.63) is 0 Å². The van der Waals surface area contributed by atoms with Crippen LogP contribution in [-0.4, -0.2) is 30.0 Å². The summed E-state index contributed by atoms with van der Waals surface area (Å²) in [4.78, 5) is 11.8. The number of Topliss-reactive ketones (excluding diaryl/α,β-unsaturated/α-hetero) is 1. The molecule has 2 nitrogen and oxygen atoms in total. The summed E-state index contributed by atoms with van der Waals surface area (Å²) in [6.45, 7) is 11.4. The number of hydrogen-bond acceptors (Lipinski definition) is 3. The van der Waals surface area contributed by atoms with Crippen LogP contribution in [0.25, 0.3) is 0 Å². The minimum Gasteiger partial charge on any atom is -0.384 e. The summed E-state index contributed by atoms with van der Waals surface area (Å²) in [5, 5.41) is 0.874. The Morgan fingerprint density at radius 1 is 1.24 bits per heavy atom. The molecule has 3 atom stereocenters. The summed E-state index contributed by atoms with van der Waals surface area (Å²) in [5.74, 6) is 1.19. The molecule has 0 amide bonds. The lowest BCUT2D eigenvalue weighted by molar-refractivity contribution is -0.122. The molecule has 0 rings (SSSR count). The maximum Gasteiger partial charge on any atom is 0.136 e. The highest BCUT2D eigenvalue weighted by atomic mass is 32.2. The van der Waals surface area contributed by atoms with Crippen molar-refractivity contribution in [1.29, 1.82) is 0 Å². The van der Waals surface area contributed by atoms with E-state index in [1.807, 2.05) is 18.7 Å². The molecule has 0 fully saturated rings. The monoisotopic (exact) mass is 260 g/mol. The summed E-state index contributed by atoms with van der Waals surface area (Å²) in [5.41, 5.74) is 0. The third-order valence-electron chi connectivity index (χ3n) is 3.13. The van der Waals surface area contributed by atoms with E-state index in [4.69, 9.17) is 4.74 Å². The first-order chi connectivity index (χ1) is 7.92. The topological polar surface area (TPSA) is 26.3 Å². The zero-order valence-corrected chi connectivity index (χ0v) is 13.0. The molecule has 0 aromatic rings. The molecule has 0 radical (unpaired) electrons. The lowest BCUT2D eigenvalue weighted by atomic mass is 10.0. The van der Waals surface area contributed by atoms with Gasteiger partial charge in [-0.2, -0.15) is 11.8 Å². The first-order valence-corrected chi connectivity index (χ1v) is 7.53. The molecule has 3 unspecified atom stereocenters. The number of ketones is 1. The molecule has 0 heterocycles. The standard InChI is InChI=1S/C14H28O2S/c1-7-11(4)13(15)8-12(5)17-14(9-16-6)10(2)3/h10-12,14H,7-9H2,1-6H3. The van der Waals surface area contributed by atoms with E-state index in [0.29, 0.717) is 28.6 Å². The molecule has 0 bridgehead atoms. The fraction of sp³-hybridized carbons (Fsp3) is 0.929. The van der Waals surface area contributed by atoms with Crippen LogP contribution >= 0.6 is 11.8 Å². The zero-order valence-electron chi connectivity index (χ0n) is 12.2. The second-order valence-electron chi connectivity index (χ2n) is 5.16. The molecule has 0 aromatic heterocycles. The van der Waals surface area contributed by atoms with Crippen molar-refractivity contribution in [2.45, 2.75) is 58.0 Å². The lowest BCUT2D eigenvalue weighted by Crippen LogP contribution is -2.23. The Morgan fingerprint density at radius 2 is 1.82 bits per heavy atom. The van der Waals surface area contributed by atoms with Gasteiger partial charge in [-0.25, -0.2) is 0 Å². The fourth-order valence-corrected chi connectivity index (χ4v) is 3.00. The second kappa shape index (κ2) is 8.98. The Labute approximate surface area is 111 Å². The van der Waals surface area contributed by atoms with Gasteiger partial charge < -0.3 is 4.74 Å². The molecule has 0 saturated heterocycles. The van der Waals surface area contributed by atoms with Crippen LogP contribution in [0.3, 0.4) is 0 Å². The Balaban J connectivity index is 4.13. The Morgan fingerprint density at radius 3 is 2.24 bits per heavy atom. The molecule has 0 N–H and O–H groups in total. The maximum atomic E-state index is 11.8. The normalized spacial score (nSPS) is 16.9. The van der Waals surface area contributed by atoms with Crippen LogP contribution < -0.4 is 0 Å². The number of methoxy groups -OCH3 is 1. The SMILES string of the molecule is CCC(C)C(=O)CC(C)SC(COC)C(C)C. The van der Waals surface area contributed by atoms with E-state index in [2.05, 4.69) is 27.7 Å². The van der Waals surface area contributed by atoms with E-state index in [9.17, 15) is 4.79 Å². The summed E-state index contributed by atoms with van der Waals surface area (Å²) in [7, 11) is 1.74. The van der Waals surface area contributed by atoms with Gasteiger partial charge in [0.25, 0.3) is 0 Å². The van der Waals surface area contributed by atoms with Gasteiger partial charge in [-0.15, -0.1) is 0 Å². The van der Waals surface area contributed by atoms with Crippen LogP contribution in [0, 0.1) is 11.8 Å². The second-order valence-corrected chi connectivity index (χ2v) is 6.85. The van der Waals surface area contributed by atoms with Crippen LogP contribution in [0.5, 0.6) is 0 Å². The molecule has 0 spiro atoms. The third kappa shape index (κ3) is 7.10. The molecular weight excluding hydrogens is 232 g/mol. The highest BCUT2D eigenvalue weighted by Gasteiger charge is 2.20. The summed E-state index contributed by atoms with van der Waals surface area (Å²) in [6.07, 6.45) is 1.63. The van der Waals surface area contributed by atoms with Crippen molar-refractivity contribution in [2.75, 3.05) is 13.7 Å². The van der Waals surface area contributed by atoms with E-state index in [1.54, 1.807) is 7.11 Å². The summed E-state index contributed by atoms with van der Waals surface area (Å²) >= 11 is 1.89. The van der Waals surface area contributed by atoms with Crippen molar-refractivity contribution in [3.63, 3.8) is 0 Å². The van der Waals surface area contributed by atoms with Gasteiger partial charge >= 0.3 is 0 Å². The van der Waals surface area contributed by atoms with Crippen LogP contribution in [0.15, 0.2) is 0 Å². The molecule has 0 aliphatic heterocycles. The Kier molecular flexibility index (Phi) is 8.97. The highest BCUT2D eigenvalue weighted by Crippen LogP contribution is 2.27. The van der Waals surface area contributed by atoms with Gasteiger partial charge in [-0.1, -0.05) is 34.6 Å². The van der Waals surface area contributed by atoms with Crippen molar-refractivity contribution in [1.82, 2.24) is 0 Å². The van der Waals surface area contributed by atoms with Crippen LogP contribution in [0.4, 0.5) is 0 Å². The van der Waals surface area contributed by atoms with Crippen LogP contribution in [0.1, 0.15) is 47.5 Å². The van der Waals surface area contributed by atoms with Crippen LogP contribution in [-0.2, 0) is 9.53 Å². The Hall–Kier alpha value is -0.0200. The van der Waals surface area contributed by atoms with Gasteiger partial charge in [0.1, 0.15) is 5.78 Å². The smallest absolute Gasteiger partial charge is 0.136 e. The fourth-order valence-electron chi connectivity index (χ4n) is 1.61. The summed E-state index contributed by atoms with van der Waals surface area (Å²) in [6, 6.07) is 0. The lowest BCUT2D eigenvalue weighted by Gasteiger charge is -2.23. The molecular formula is C14H28O2S. The molecule has 0 aliphatic rings. The van der Waals surface area contributed by atoms with E-state index >= 15 is 0 Å². The van der Waals surface area contributed by atoms with E-state index in [1.165, 1.54) is 0 Å². The molecule has 102 valence electrons. The first kappa shape index (κ1) is 17.0. The van der Waals surface area contributed by atoms with Gasteiger partial charge in [0.05, 0.1) is 6.61 Å². The molecule has 17 heavy (non-hydrogen) atoms. The third-order valence-corrected chi connectivity index (χ3v) is 4.79. The van der Waals surface area contributed by atoms with Gasteiger partial charge in [0, 0.05) is 29.9 Å². The highest BCUT2D eigenvalue weighted by molar-refractivity contribution is 8.00. The largest absolute Gasteiger partial charge is 0.384 e. The average molecular weight is 260 g/mol. The number of ether oxygens (including phenoxy) is 1. The number of carbonyl (C=O) groups excluding carboxylic acids is 1. The van der Waals surface area contributed by atoms with E-state index < -0.39 is 0 Å². The van der Waals surface area contributed by atoms with Crippen LogP contribution in [0.2, 0.25) is 0 Å². The number of carbonyl (C=O) groups is 1. The number of hydrogen-bond donors (Lipinski definition) is 0. The van der Waals surface area contributed by atoms with Gasteiger partial charge in [-0.05, 0) is 12.3 Å².